The van der Waals surface area contributed by atoms with Gasteiger partial charge in [-0.1, -0.05) is 27.2 Å². The van der Waals surface area contributed by atoms with Crippen LogP contribution in [-0.2, 0) is 16.1 Å². The van der Waals surface area contributed by atoms with Gasteiger partial charge in [0.15, 0.2) is 0 Å². The van der Waals surface area contributed by atoms with Gasteiger partial charge in [-0.25, -0.2) is 4.98 Å². The van der Waals surface area contributed by atoms with E-state index >= 15 is 0 Å². The average Bonchev–Trinajstić information content (AvgIpc) is 2.82. The number of ether oxygens (including phenoxy) is 1. The van der Waals surface area contributed by atoms with Crippen molar-refractivity contribution in [2.24, 2.45) is 0 Å². The van der Waals surface area contributed by atoms with Crippen LogP contribution in [-0.4, -0.2) is 22.1 Å². The van der Waals surface area contributed by atoms with Crippen LogP contribution < -0.4 is 0 Å². The first kappa shape index (κ1) is 14.7. The summed E-state index contributed by atoms with van der Waals surface area (Å²) >= 11 is 0. The van der Waals surface area contributed by atoms with Gasteiger partial charge in [0.1, 0.15) is 0 Å². The number of esters is 1. The van der Waals surface area contributed by atoms with Crippen LogP contribution in [0.4, 0.5) is 0 Å². The summed E-state index contributed by atoms with van der Waals surface area (Å²) < 4.78 is 6.87. The van der Waals surface area contributed by atoms with Crippen molar-refractivity contribution in [2.75, 3.05) is 6.61 Å². The van der Waals surface area contributed by atoms with Crippen LogP contribution in [0, 0.1) is 0 Å². The molecule has 0 spiro atoms. The Kier molecular flexibility index (Phi) is 9.36. The van der Waals surface area contributed by atoms with Crippen LogP contribution in [0.1, 0.15) is 40.0 Å². The minimum absolute atomic E-state index is 0.132. The number of aryl methyl sites for hydroxylation is 1. The number of unbranched alkanes of at least 4 members (excludes halogenated alkanes) is 1. The normalized spacial score (nSPS) is 9.19. The van der Waals surface area contributed by atoms with Gasteiger partial charge in [-0.05, 0) is 6.42 Å². The SMILES string of the molecule is CC.CCCCOC(=O)CCn1ccnc1. The quantitative estimate of drug-likeness (QED) is 0.553. The van der Waals surface area contributed by atoms with Gasteiger partial charge in [-0.2, -0.15) is 0 Å². The van der Waals surface area contributed by atoms with Gasteiger partial charge in [0.05, 0.1) is 19.4 Å². The molecule has 0 aliphatic heterocycles. The maximum absolute atomic E-state index is 11.2. The van der Waals surface area contributed by atoms with Crippen LogP contribution in [0.2, 0.25) is 0 Å². The molecule has 4 heteroatoms. The van der Waals surface area contributed by atoms with Gasteiger partial charge >= 0.3 is 5.97 Å². The lowest BCUT2D eigenvalue weighted by Crippen LogP contribution is -2.09. The number of imidazole rings is 1. The second-order valence-electron chi connectivity index (χ2n) is 3.12. The van der Waals surface area contributed by atoms with E-state index in [1.165, 1.54) is 0 Å². The fourth-order valence-corrected chi connectivity index (χ4v) is 1.04. The number of rotatable bonds is 6. The van der Waals surface area contributed by atoms with E-state index in [0.29, 0.717) is 19.6 Å². The van der Waals surface area contributed by atoms with Crippen LogP contribution in [0.15, 0.2) is 18.7 Å². The summed E-state index contributed by atoms with van der Waals surface area (Å²) in [6.07, 6.45) is 7.63. The van der Waals surface area contributed by atoms with Crippen LogP contribution in [0.25, 0.3) is 0 Å². The number of nitrogens with zero attached hydrogens (tertiary/aromatic N) is 2. The lowest BCUT2D eigenvalue weighted by Gasteiger charge is -2.03. The standard InChI is InChI=1S/C10H16N2O2.C2H6/c1-2-3-8-14-10(13)4-6-12-7-5-11-9-12;1-2/h5,7,9H,2-4,6,8H2,1H3;1-2H3. The zero-order chi connectivity index (χ0) is 12.2. The summed E-state index contributed by atoms with van der Waals surface area (Å²) in [5.41, 5.74) is 0. The molecule has 0 aromatic carbocycles. The summed E-state index contributed by atoms with van der Waals surface area (Å²) in [6.45, 7) is 7.25. The minimum atomic E-state index is -0.132. The number of aromatic nitrogens is 2. The predicted molar refractivity (Wildman–Crippen MR) is 64.1 cm³/mol. The number of carbonyl (C=O) groups excluding carboxylic acids is 1. The third kappa shape index (κ3) is 7.04. The highest BCUT2D eigenvalue weighted by Gasteiger charge is 2.01. The molecule has 0 aliphatic rings. The second-order valence-corrected chi connectivity index (χ2v) is 3.12. The van der Waals surface area contributed by atoms with Crippen molar-refractivity contribution < 1.29 is 9.53 Å². The summed E-state index contributed by atoms with van der Waals surface area (Å²) in [4.78, 5) is 15.0. The van der Waals surface area contributed by atoms with E-state index in [2.05, 4.69) is 11.9 Å². The molecule has 0 amide bonds. The zero-order valence-corrected chi connectivity index (χ0v) is 10.5. The highest BCUT2D eigenvalue weighted by molar-refractivity contribution is 5.69. The van der Waals surface area contributed by atoms with Crippen molar-refractivity contribution in [3.63, 3.8) is 0 Å². The molecule has 1 aromatic heterocycles. The summed E-state index contributed by atoms with van der Waals surface area (Å²) in [5, 5.41) is 0. The van der Waals surface area contributed by atoms with Crippen molar-refractivity contribution in [2.45, 2.75) is 46.6 Å². The Labute approximate surface area is 97.6 Å². The first-order valence-electron chi connectivity index (χ1n) is 5.94. The van der Waals surface area contributed by atoms with Crippen molar-refractivity contribution in [1.29, 1.82) is 0 Å². The summed E-state index contributed by atoms with van der Waals surface area (Å²) in [7, 11) is 0. The monoisotopic (exact) mass is 226 g/mol. The summed E-state index contributed by atoms with van der Waals surface area (Å²) in [5.74, 6) is -0.132. The molecule has 1 rings (SSSR count). The Morgan fingerprint density at radius 3 is 2.75 bits per heavy atom. The molecule has 1 aromatic rings. The van der Waals surface area contributed by atoms with Gasteiger partial charge < -0.3 is 9.30 Å². The Morgan fingerprint density at radius 2 is 2.19 bits per heavy atom. The van der Waals surface area contributed by atoms with Crippen molar-refractivity contribution in [3.8, 4) is 0 Å². The van der Waals surface area contributed by atoms with E-state index < -0.39 is 0 Å². The molecule has 0 saturated heterocycles. The van der Waals surface area contributed by atoms with Crippen molar-refractivity contribution in [1.82, 2.24) is 9.55 Å². The third-order valence-corrected chi connectivity index (χ3v) is 1.89. The molecule has 0 unspecified atom stereocenters. The maximum Gasteiger partial charge on any atom is 0.307 e. The van der Waals surface area contributed by atoms with Crippen LogP contribution >= 0.6 is 0 Å². The first-order valence-corrected chi connectivity index (χ1v) is 5.94. The highest BCUT2D eigenvalue weighted by Crippen LogP contribution is 1.95. The second kappa shape index (κ2) is 10.2. The Morgan fingerprint density at radius 1 is 1.44 bits per heavy atom. The molecular formula is C12H22N2O2. The molecule has 4 nitrogen and oxygen atoms in total. The topological polar surface area (TPSA) is 44.1 Å². The highest BCUT2D eigenvalue weighted by atomic mass is 16.5. The van der Waals surface area contributed by atoms with E-state index in [1.54, 1.807) is 12.5 Å². The minimum Gasteiger partial charge on any atom is -0.466 e. The first-order chi connectivity index (χ1) is 7.83. The van der Waals surface area contributed by atoms with Crippen molar-refractivity contribution >= 4 is 5.97 Å². The Hall–Kier alpha value is -1.32. The number of carbonyl (C=O) groups is 1. The van der Waals surface area contributed by atoms with Gasteiger partial charge in [0.25, 0.3) is 0 Å². The molecular weight excluding hydrogens is 204 g/mol. The zero-order valence-electron chi connectivity index (χ0n) is 10.5. The molecule has 0 saturated carbocycles. The Balaban J connectivity index is 0.00000106. The molecule has 0 bridgehead atoms. The van der Waals surface area contributed by atoms with Gasteiger partial charge in [0, 0.05) is 18.9 Å². The van der Waals surface area contributed by atoms with E-state index in [4.69, 9.17) is 4.74 Å². The Bertz CT molecular complexity index is 258. The van der Waals surface area contributed by atoms with E-state index in [0.717, 1.165) is 12.8 Å². The van der Waals surface area contributed by atoms with Gasteiger partial charge in [0.2, 0.25) is 0 Å². The lowest BCUT2D eigenvalue weighted by atomic mass is 10.3. The smallest absolute Gasteiger partial charge is 0.307 e. The largest absolute Gasteiger partial charge is 0.466 e. The molecule has 0 fully saturated rings. The van der Waals surface area contributed by atoms with Gasteiger partial charge in [-0.15, -0.1) is 0 Å². The fourth-order valence-electron chi connectivity index (χ4n) is 1.04. The molecule has 0 aliphatic carbocycles. The van der Waals surface area contributed by atoms with E-state index in [-0.39, 0.29) is 5.97 Å². The molecule has 1 heterocycles. The van der Waals surface area contributed by atoms with Crippen LogP contribution in [0.5, 0.6) is 0 Å². The molecule has 0 N–H and O–H groups in total. The average molecular weight is 226 g/mol. The molecule has 0 atom stereocenters. The fraction of sp³-hybridized carbons (Fsp3) is 0.667. The predicted octanol–water partition coefficient (Wildman–Crippen LogP) is 2.64. The molecule has 16 heavy (non-hydrogen) atoms. The lowest BCUT2D eigenvalue weighted by molar-refractivity contribution is -0.144. The molecule has 0 radical (unpaired) electrons. The van der Waals surface area contributed by atoms with Gasteiger partial charge in [-0.3, -0.25) is 4.79 Å². The maximum atomic E-state index is 11.2. The number of hydrogen-bond acceptors (Lipinski definition) is 3. The van der Waals surface area contributed by atoms with Crippen molar-refractivity contribution in [3.05, 3.63) is 18.7 Å². The molecule has 92 valence electrons. The van der Waals surface area contributed by atoms with E-state index in [1.807, 2.05) is 24.6 Å². The third-order valence-electron chi connectivity index (χ3n) is 1.89. The summed E-state index contributed by atoms with van der Waals surface area (Å²) in [6, 6.07) is 0. The van der Waals surface area contributed by atoms with Crippen LogP contribution in [0.3, 0.4) is 0 Å². The van der Waals surface area contributed by atoms with E-state index in [9.17, 15) is 4.79 Å². The number of hydrogen-bond donors (Lipinski definition) is 0.